The van der Waals surface area contributed by atoms with Crippen LogP contribution < -0.4 is 10.6 Å². The lowest BCUT2D eigenvalue weighted by Crippen LogP contribution is -2.43. The van der Waals surface area contributed by atoms with Crippen molar-refractivity contribution in [1.29, 1.82) is 0 Å². The molecule has 5 heteroatoms. The largest absolute Gasteiger partial charge is 0.296 e. The van der Waals surface area contributed by atoms with E-state index in [2.05, 4.69) is 15.6 Å². The van der Waals surface area contributed by atoms with E-state index in [0.717, 1.165) is 11.1 Å². The average Bonchev–Trinajstić information content (AvgIpc) is 2.78. The molecule has 0 aliphatic rings. The summed E-state index contributed by atoms with van der Waals surface area (Å²) >= 11 is 0. The van der Waals surface area contributed by atoms with Crippen LogP contribution in [0.3, 0.4) is 0 Å². The predicted molar refractivity (Wildman–Crippen MR) is 120 cm³/mol. The second-order valence-electron chi connectivity index (χ2n) is 6.56. The van der Waals surface area contributed by atoms with Gasteiger partial charge < -0.3 is 0 Å². The molecule has 0 unspecified atom stereocenters. The van der Waals surface area contributed by atoms with Crippen molar-refractivity contribution < 1.29 is 9.59 Å². The maximum absolute atomic E-state index is 12.4. The van der Waals surface area contributed by atoms with Crippen molar-refractivity contribution in [3.05, 3.63) is 108 Å². The summed E-state index contributed by atoms with van der Waals surface area (Å²) in [5.74, 6) is -0.500. The third-order valence-electron chi connectivity index (χ3n) is 4.21. The number of para-hydroxylation sites is 1. The van der Waals surface area contributed by atoms with Crippen LogP contribution in [0.25, 0.3) is 6.08 Å². The van der Waals surface area contributed by atoms with E-state index in [0.29, 0.717) is 12.1 Å². The molecule has 0 saturated carbocycles. The number of hydrogen-bond acceptors (Lipinski definition) is 3. The lowest BCUT2D eigenvalue weighted by atomic mass is 10.1. The highest BCUT2D eigenvalue weighted by Crippen LogP contribution is 2.09. The van der Waals surface area contributed by atoms with Gasteiger partial charge >= 0.3 is 0 Å². The van der Waals surface area contributed by atoms with Crippen molar-refractivity contribution in [3.63, 3.8) is 0 Å². The molecule has 3 aromatic carbocycles. The SMILES string of the molecule is O=C(/C=C/c1ccccc1)NC(=Nc1ccccc1)NC(=O)CCc1ccccc1. The van der Waals surface area contributed by atoms with Gasteiger partial charge in [-0.3, -0.25) is 20.2 Å². The van der Waals surface area contributed by atoms with E-state index in [1.807, 2.05) is 78.9 Å². The van der Waals surface area contributed by atoms with Gasteiger partial charge in [0.2, 0.25) is 11.9 Å². The lowest BCUT2D eigenvalue weighted by molar-refractivity contribution is -0.119. The standard InChI is InChI=1S/C25H23N3O2/c29-23(18-16-20-10-4-1-5-11-20)27-25(26-22-14-8-3-9-15-22)28-24(30)19-17-21-12-6-2-7-13-21/h1-16,18H,17,19H2,(H2,26,27,28,29,30)/b18-16+. The Kier molecular flexibility index (Phi) is 7.69. The fourth-order valence-electron chi connectivity index (χ4n) is 2.71. The number of hydrogen-bond donors (Lipinski definition) is 2. The molecule has 0 aliphatic carbocycles. The zero-order chi connectivity index (χ0) is 21.0. The molecule has 0 bridgehead atoms. The number of benzene rings is 3. The van der Waals surface area contributed by atoms with Gasteiger partial charge in [-0.05, 0) is 35.8 Å². The van der Waals surface area contributed by atoms with Crippen molar-refractivity contribution >= 4 is 29.5 Å². The number of carbonyl (C=O) groups is 2. The molecule has 30 heavy (non-hydrogen) atoms. The van der Waals surface area contributed by atoms with Crippen LogP contribution in [0.15, 0.2) is 102 Å². The molecule has 0 heterocycles. The van der Waals surface area contributed by atoms with Gasteiger partial charge in [-0.2, -0.15) is 0 Å². The van der Waals surface area contributed by atoms with E-state index < -0.39 is 0 Å². The van der Waals surface area contributed by atoms with Gasteiger partial charge in [0.05, 0.1) is 5.69 Å². The summed E-state index contributed by atoms with van der Waals surface area (Å²) in [5.41, 5.74) is 2.60. The summed E-state index contributed by atoms with van der Waals surface area (Å²) in [4.78, 5) is 29.1. The molecule has 0 atom stereocenters. The average molecular weight is 397 g/mol. The van der Waals surface area contributed by atoms with Crippen molar-refractivity contribution in [2.24, 2.45) is 4.99 Å². The summed E-state index contributed by atoms with van der Waals surface area (Å²) in [6, 6.07) is 28.4. The minimum Gasteiger partial charge on any atom is -0.296 e. The Morgan fingerprint density at radius 1 is 0.767 bits per heavy atom. The molecule has 3 rings (SSSR count). The van der Waals surface area contributed by atoms with Crippen molar-refractivity contribution in [2.75, 3.05) is 0 Å². The minimum atomic E-state index is -0.378. The van der Waals surface area contributed by atoms with Crippen molar-refractivity contribution in [3.8, 4) is 0 Å². The molecule has 0 aliphatic heterocycles. The molecule has 2 N–H and O–H groups in total. The van der Waals surface area contributed by atoms with Gasteiger partial charge in [-0.25, -0.2) is 4.99 Å². The first-order chi connectivity index (χ1) is 14.7. The number of rotatable bonds is 6. The summed E-state index contributed by atoms with van der Waals surface area (Å²) in [5, 5.41) is 5.37. The topological polar surface area (TPSA) is 70.6 Å². The third-order valence-corrected chi connectivity index (χ3v) is 4.21. The zero-order valence-corrected chi connectivity index (χ0v) is 16.5. The van der Waals surface area contributed by atoms with Crippen LogP contribution in [-0.2, 0) is 16.0 Å². The highest BCUT2D eigenvalue weighted by Gasteiger charge is 2.09. The Balaban J connectivity index is 1.65. The van der Waals surface area contributed by atoms with Gasteiger partial charge in [0, 0.05) is 12.5 Å². The van der Waals surface area contributed by atoms with Gasteiger partial charge in [-0.15, -0.1) is 0 Å². The monoisotopic (exact) mass is 397 g/mol. The van der Waals surface area contributed by atoms with Crippen LogP contribution in [0.2, 0.25) is 0 Å². The number of aryl methyl sites for hydroxylation is 1. The minimum absolute atomic E-state index is 0.0990. The van der Waals surface area contributed by atoms with Crippen LogP contribution >= 0.6 is 0 Å². The van der Waals surface area contributed by atoms with Crippen LogP contribution in [0, 0.1) is 0 Å². The second kappa shape index (κ2) is 11.1. The fraction of sp³-hybridized carbons (Fsp3) is 0.0800. The summed E-state index contributed by atoms with van der Waals surface area (Å²) in [7, 11) is 0. The number of carbonyl (C=O) groups excluding carboxylic acids is 2. The van der Waals surface area contributed by atoms with E-state index in [4.69, 9.17) is 0 Å². The highest BCUT2D eigenvalue weighted by atomic mass is 16.2. The van der Waals surface area contributed by atoms with E-state index in [1.54, 1.807) is 18.2 Å². The quantitative estimate of drug-likeness (QED) is 0.371. The number of guanidine groups is 1. The molecule has 0 aromatic heterocycles. The predicted octanol–water partition coefficient (Wildman–Crippen LogP) is 4.25. The smallest absolute Gasteiger partial charge is 0.250 e. The van der Waals surface area contributed by atoms with Crippen LogP contribution in [0.1, 0.15) is 17.5 Å². The molecule has 0 spiro atoms. The second-order valence-corrected chi connectivity index (χ2v) is 6.56. The van der Waals surface area contributed by atoms with Crippen molar-refractivity contribution in [1.82, 2.24) is 10.6 Å². The van der Waals surface area contributed by atoms with Crippen LogP contribution in [0.5, 0.6) is 0 Å². The Bertz CT molecular complexity index is 1010. The lowest BCUT2D eigenvalue weighted by Gasteiger charge is -2.10. The maximum atomic E-state index is 12.4. The Hall–Kier alpha value is -3.99. The number of nitrogens with zero attached hydrogens (tertiary/aromatic N) is 1. The number of aliphatic imine (C=N–C) groups is 1. The molecule has 2 amide bonds. The van der Waals surface area contributed by atoms with Crippen LogP contribution in [-0.4, -0.2) is 17.8 Å². The van der Waals surface area contributed by atoms with Gasteiger partial charge in [-0.1, -0.05) is 78.9 Å². The third kappa shape index (κ3) is 7.20. The van der Waals surface area contributed by atoms with E-state index in [-0.39, 0.29) is 24.2 Å². The summed E-state index contributed by atoms with van der Waals surface area (Å²) < 4.78 is 0. The van der Waals surface area contributed by atoms with E-state index in [1.165, 1.54) is 6.08 Å². The zero-order valence-electron chi connectivity index (χ0n) is 16.5. The van der Waals surface area contributed by atoms with Gasteiger partial charge in [0.25, 0.3) is 5.91 Å². The summed E-state index contributed by atoms with van der Waals surface area (Å²) in [6.07, 6.45) is 4.00. The molecule has 5 nitrogen and oxygen atoms in total. The first kappa shape index (κ1) is 20.7. The molecule has 0 fully saturated rings. The van der Waals surface area contributed by atoms with Crippen molar-refractivity contribution in [2.45, 2.75) is 12.8 Å². The van der Waals surface area contributed by atoms with Crippen LogP contribution in [0.4, 0.5) is 5.69 Å². The molecular weight excluding hydrogens is 374 g/mol. The Morgan fingerprint density at radius 2 is 1.37 bits per heavy atom. The van der Waals surface area contributed by atoms with E-state index >= 15 is 0 Å². The first-order valence-corrected chi connectivity index (χ1v) is 9.71. The number of nitrogens with one attached hydrogen (secondary N) is 2. The molecule has 0 radical (unpaired) electrons. The summed E-state index contributed by atoms with van der Waals surface area (Å²) in [6.45, 7) is 0. The molecular formula is C25H23N3O2. The number of amides is 2. The maximum Gasteiger partial charge on any atom is 0.250 e. The molecule has 150 valence electrons. The Morgan fingerprint density at radius 3 is 2.03 bits per heavy atom. The van der Waals surface area contributed by atoms with E-state index in [9.17, 15) is 9.59 Å². The Labute approximate surface area is 176 Å². The fourth-order valence-corrected chi connectivity index (χ4v) is 2.71. The molecule has 0 saturated heterocycles. The van der Waals surface area contributed by atoms with Gasteiger partial charge in [0.15, 0.2) is 0 Å². The highest BCUT2D eigenvalue weighted by molar-refractivity contribution is 6.09. The normalized spacial score (nSPS) is 11.3. The first-order valence-electron chi connectivity index (χ1n) is 9.71. The van der Waals surface area contributed by atoms with Gasteiger partial charge in [0.1, 0.15) is 0 Å². The molecule has 3 aromatic rings.